The zero-order valence-electron chi connectivity index (χ0n) is 12.9. The van der Waals surface area contributed by atoms with Crippen LogP contribution in [0.25, 0.3) is 0 Å². The van der Waals surface area contributed by atoms with Gasteiger partial charge in [0.15, 0.2) is 6.29 Å². The van der Waals surface area contributed by atoms with Gasteiger partial charge in [0.2, 0.25) is 0 Å². The van der Waals surface area contributed by atoms with Crippen LogP contribution in [-0.2, 0) is 20.9 Å². The van der Waals surface area contributed by atoms with Gasteiger partial charge in [-0.25, -0.2) is 9.90 Å². The van der Waals surface area contributed by atoms with Gasteiger partial charge in [0.25, 0.3) is 5.91 Å². The summed E-state index contributed by atoms with van der Waals surface area (Å²) < 4.78 is 5.83. The lowest BCUT2D eigenvalue weighted by Gasteiger charge is -2.24. The third-order valence-electron chi connectivity index (χ3n) is 3.79. The minimum Gasteiger partial charge on any atom is -0.346 e. The van der Waals surface area contributed by atoms with E-state index in [4.69, 9.17) is 21.2 Å². The maximum atomic E-state index is 12.5. The molecular weight excluding hydrogens is 290 g/mol. The van der Waals surface area contributed by atoms with E-state index in [1.807, 2.05) is 45.9 Å². The number of carbonyl (C=O) groups excluding carboxylic acids is 1. The summed E-state index contributed by atoms with van der Waals surface area (Å²) in [5.74, 6) is -0.0873. The third-order valence-corrected chi connectivity index (χ3v) is 4.16. The van der Waals surface area contributed by atoms with Crippen molar-refractivity contribution in [1.82, 2.24) is 5.06 Å². The number of nitrogens with zero attached hydrogens (tertiary/aromatic N) is 1. The fraction of sp³-hybridized carbons (Fsp3) is 0.562. The van der Waals surface area contributed by atoms with Crippen LogP contribution in [0, 0.1) is 5.41 Å². The maximum Gasteiger partial charge on any atom is 0.257 e. The molecule has 5 heteroatoms. The maximum absolute atomic E-state index is 12.5. The molecule has 1 aliphatic rings. The zero-order chi connectivity index (χ0) is 15.6. The molecule has 0 radical (unpaired) electrons. The molecular formula is C16H22ClNO3. The van der Waals surface area contributed by atoms with E-state index in [1.165, 1.54) is 5.06 Å². The minimum atomic E-state index is -0.704. The third kappa shape index (κ3) is 3.39. The summed E-state index contributed by atoms with van der Waals surface area (Å²) >= 11 is 6.14. The van der Waals surface area contributed by atoms with Gasteiger partial charge >= 0.3 is 0 Å². The van der Waals surface area contributed by atoms with E-state index >= 15 is 0 Å². The van der Waals surface area contributed by atoms with Crippen LogP contribution in [-0.4, -0.2) is 23.4 Å². The summed E-state index contributed by atoms with van der Waals surface area (Å²) in [6.45, 7) is 8.02. The molecule has 0 spiro atoms. The molecule has 0 aromatic heterocycles. The van der Waals surface area contributed by atoms with E-state index in [9.17, 15) is 4.79 Å². The standard InChI is InChI=1S/C16H22ClNO3/c1-5-11(2)20-15-16(3,4)14(19)18(21-15)10-12-8-6-7-9-13(12)17/h6-9,11,15H,5,10H2,1-4H3. The van der Waals surface area contributed by atoms with E-state index in [-0.39, 0.29) is 12.0 Å². The van der Waals surface area contributed by atoms with Crippen molar-refractivity contribution in [3.8, 4) is 0 Å². The molecule has 2 atom stereocenters. The molecule has 1 aromatic carbocycles. The van der Waals surface area contributed by atoms with E-state index in [2.05, 4.69) is 0 Å². The Balaban J connectivity index is 2.12. The van der Waals surface area contributed by atoms with Crippen LogP contribution in [0.4, 0.5) is 0 Å². The topological polar surface area (TPSA) is 38.8 Å². The average Bonchev–Trinajstić information content (AvgIpc) is 2.65. The first-order valence-electron chi connectivity index (χ1n) is 7.23. The lowest BCUT2D eigenvalue weighted by molar-refractivity contribution is -0.260. The van der Waals surface area contributed by atoms with Crippen molar-refractivity contribution in [2.24, 2.45) is 5.41 Å². The molecule has 1 aromatic rings. The summed E-state index contributed by atoms with van der Waals surface area (Å²) in [6, 6.07) is 7.43. The van der Waals surface area contributed by atoms with Crippen molar-refractivity contribution in [3.05, 3.63) is 34.9 Å². The number of hydrogen-bond donors (Lipinski definition) is 0. The smallest absolute Gasteiger partial charge is 0.257 e. The van der Waals surface area contributed by atoms with Crippen molar-refractivity contribution < 1.29 is 14.4 Å². The van der Waals surface area contributed by atoms with Gasteiger partial charge in [-0.2, -0.15) is 0 Å². The molecule has 21 heavy (non-hydrogen) atoms. The molecule has 1 amide bonds. The largest absolute Gasteiger partial charge is 0.346 e. The van der Waals surface area contributed by atoms with Gasteiger partial charge in [-0.05, 0) is 38.8 Å². The predicted molar refractivity (Wildman–Crippen MR) is 81.5 cm³/mol. The zero-order valence-corrected chi connectivity index (χ0v) is 13.7. The minimum absolute atomic E-state index is 0.0438. The molecule has 1 fully saturated rings. The monoisotopic (exact) mass is 311 g/mol. The van der Waals surface area contributed by atoms with E-state index < -0.39 is 11.7 Å². The summed E-state index contributed by atoms with van der Waals surface area (Å²) in [6.07, 6.45) is 0.346. The lowest BCUT2D eigenvalue weighted by atomic mass is 9.92. The van der Waals surface area contributed by atoms with Crippen molar-refractivity contribution in [2.75, 3.05) is 0 Å². The average molecular weight is 312 g/mol. The molecule has 0 N–H and O–H groups in total. The molecule has 2 unspecified atom stereocenters. The Hall–Kier alpha value is -1.10. The van der Waals surface area contributed by atoms with E-state index in [0.717, 1.165) is 12.0 Å². The second kappa shape index (κ2) is 6.34. The van der Waals surface area contributed by atoms with Crippen LogP contribution in [0.1, 0.15) is 39.7 Å². The Morgan fingerprint density at radius 2 is 2.10 bits per heavy atom. The van der Waals surface area contributed by atoms with Crippen LogP contribution in [0.15, 0.2) is 24.3 Å². The molecule has 0 saturated carbocycles. The second-order valence-corrected chi connectivity index (χ2v) is 6.35. The summed E-state index contributed by atoms with van der Waals surface area (Å²) in [7, 11) is 0. The molecule has 2 rings (SSSR count). The van der Waals surface area contributed by atoms with Gasteiger partial charge in [-0.1, -0.05) is 36.7 Å². The fourth-order valence-corrected chi connectivity index (χ4v) is 2.31. The molecule has 116 valence electrons. The number of hydrogen-bond acceptors (Lipinski definition) is 3. The van der Waals surface area contributed by atoms with Crippen LogP contribution < -0.4 is 0 Å². The predicted octanol–water partition coefficient (Wildman–Crippen LogP) is 3.78. The van der Waals surface area contributed by atoms with Crippen molar-refractivity contribution in [3.63, 3.8) is 0 Å². The van der Waals surface area contributed by atoms with E-state index in [0.29, 0.717) is 11.6 Å². The van der Waals surface area contributed by atoms with Crippen LogP contribution >= 0.6 is 11.6 Å². The lowest BCUT2D eigenvalue weighted by Crippen LogP contribution is -2.35. The van der Waals surface area contributed by atoms with Gasteiger partial charge < -0.3 is 4.74 Å². The van der Waals surface area contributed by atoms with Gasteiger partial charge in [-0.3, -0.25) is 4.79 Å². The molecule has 0 aliphatic carbocycles. The highest BCUT2D eigenvalue weighted by Gasteiger charge is 2.50. The highest BCUT2D eigenvalue weighted by molar-refractivity contribution is 6.31. The first-order valence-corrected chi connectivity index (χ1v) is 7.61. The van der Waals surface area contributed by atoms with Gasteiger partial charge in [0.1, 0.15) is 0 Å². The first-order chi connectivity index (χ1) is 9.86. The Bertz CT molecular complexity index is 518. The summed E-state index contributed by atoms with van der Waals surface area (Å²) in [4.78, 5) is 18.2. The van der Waals surface area contributed by atoms with Crippen molar-refractivity contribution in [2.45, 2.75) is 53.1 Å². The SMILES string of the molecule is CCC(C)OC1ON(Cc2ccccc2Cl)C(=O)C1(C)C. The Labute approximate surface area is 130 Å². The van der Waals surface area contributed by atoms with Gasteiger partial charge in [0, 0.05) is 5.02 Å². The first kappa shape index (κ1) is 16.3. The molecule has 1 aliphatic heterocycles. The van der Waals surface area contributed by atoms with Gasteiger partial charge in [0.05, 0.1) is 18.1 Å². The Morgan fingerprint density at radius 1 is 1.43 bits per heavy atom. The number of rotatable bonds is 5. The molecule has 0 bridgehead atoms. The van der Waals surface area contributed by atoms with Crippen molar-refractivity contribution in [1.29, 1.82) is 0 Å². The number of hydroxylamine groups is 2. The highest BCUT2D eigenvalue weighted by atomic mass is 35.5. The van der Waals surface area contributed by atoms with Gasteiger partial charge in [-0.15, -0.1) is 0 Å². The van der Waals surface area contributed by atoms with Crippen LogP contribution in [0.3, 0.4) is 0 Å². The number of benzene rings is 1. The van der Waals surface area contributed by atoms with Crippen LogP contribution in [0.5, 0.6) is 0 Å². The number of carbonyl (C=O) groups is 1. The highest BCUT2D eigenvalue weighted by Crippen LogP contribution is 2.36. The number of amides is 1. The normalized spacial score (nSPS) is 22.6. The molecule has 1 saturated heterocycles. The molecule has 1 heterocycles. The molecule has 4 nitrogen and oxygen atoms in total. The summed E-state index contributed by atoms with van der Waals surface area (Å²) in [5.41, 5.74) is 0.150. The van der Waals surface area contributed by atoms with Crippen molar-refractivity contribution >= 4 is 17.5 Å². The number of ether oxygens (including phenoxy) is 1. The van der Waals surface area contributed by atoms with Crippen LogP contribution in [0.2, 0.25) is 5.02 Å². The Kier molecular flexibility index (Phi) is 4.91. The quantitative estimate of drug-likeness (QED) is 0.830. The second-order valence-electron chi connectivity index (χ2n) is 5.95. The van der Waals surface area contributed by atoms with E-state index in [1.54, 1.807) is 6.07 Å². The summed E-state index contributed by atoms with van der Waals surface area (Å²) in [5, 5.41) is 1.98. The fourth-order valence-electron chi connectivity index (χ4n) is 2.11. The number of halogens is 1. The Morgan fingerprint density at radius 3 is 2.71 bits per heavy atom.